The molecule has 1 aromatic heterocycles. The summed E-state index contributed by atoms with van der Waals surface area (Å²) in [5, 5.41) is 4.72. The average molecular weight is 404 g/mol. The lowest BCUT2D eigenvalue weighted by Crippen LogP contribution is -2.26. The number of alkyl carbamates (subject to hydrolysis) is 1. The lowest BCUT2D eigenvalue weighted by molar-refractivity contribution is 0.112. The molecule has 0 radical (unpaired) electrons. The molecule has 29 heavy (non-hydrogen) atoms. The van der Waals surface area contributed by atoms with Crippen molar-refractivity contribution in [2.24, 2.45) is 0 Å². The van der Waals surface area contributed by atoms with Crippen molar-refractivity contribution < 1.29 is 14.3 Å². The topological polar surface area (TPSA) is 55.4 Å². The fourth-order valence-corrected chi connectivity index (χ4v) is 4.32. The summed E-state index contributed by atoms with van der Waals surface area (Å²) in [5.74, 6) is 0.0682. The predicted molar refractivity (Wildman–Crippen MR) is 116 cm³/mol. The van der Waals surface area contributed by atoms with Crippen molar-refractivity contribution in [1.29, 1.82) is 0 Å². The Morgan fingerprint density at radius 1 is 1.07 bits per heavy atom. The molecule has 0 saturated carbocycles. The third-order valence-corrected chi connectivity index (χ3v) is 5.87. The van der Waals surface area contributed by atoms with Crippen LogP contribution in [0.15, 0.2) is 66.1 Å². The number of fused-ring (bicyclic) bond motifs is 3. The smallest absolute Gasteiger partial charge is 0.407 e. The fraction of sp³-hybridized carbons (Fsp3) is 0.167. The Morgan fingerprint density at radius 3 is 2.41 bits per heavy atom. The molecule has 1 aliphatic rings. The second-order valence-electron chi connectivity index (χ2n) is 6.84. The van der Waals surface area contributed by atoms with Crippen LogP contribution in [-0.4, -0.2) is 25.5 Å². The zero-order valence-corrected chi connectivity index (χ0v) is 16.7. The molecule has 1 N–H and O–H groups in total. The van der Waals surface area contributed by atoms with Gasteiger partial charge in [0.2, 0.25) is 0 Å². The largest absolute Gasteiger partial charge is 0.449 e. The standard InChI is InChI=1S/C24H21NO3S/c26-14-18-13-17(16-29-18)7-5-6-12-25-24(27)28-15-23-21-10-3-1-8-19(21)20-9-2-4-11-22(20)23/h1-5,7-11,13-14,16,23H,6,12,15H2,(H,25,27). The maximum absolute atomic E-state index is 12.1. The minimum Gasteiger partial charge on any atom is -0.449 e. The number of nitrogens with one attached hydrogen (secondary N) is 1. The molecule has 0 spiro atoms. The number of thiophene rings is 1. The van der Waals surface area contributed by atoms with E-state index in [2.05, 4.69) is 29.6 Å². The number of rotatable bonds is 7. The van der Waals surface area contributed by atoms with Crippen molar-refractivity contribution in [2.45, 2.75) is 12.3 Å². The van der Waals surface area contributed by atoms with E-state index in [0.29, 0.717) is 24.4 Å². The van der Waals surface area contributed by atoms with Gasteiger partial charge in [0.05, 0.1) is 4.88 Å². The Morgan fingerprint density at radius 2 is 1.76 bits per heavy atom. The summed E-state index contributed by atoms with van der Waals surface area (Å²) in [6.45, 7) is 0.816. The normalized spacial score (nSPS) is 12.6. The summed E-state index contributed by atoms with van der Waals surface area (Å²) in [5.41, 5.74) is 5.84. The Hall–Kier alpha value is -3.18. The van der Waals surface area contributed by atoms with Crippen molar-refractivity contribution in [2.75, 3.05) is 13.2 Å². The molecule has 1 amide bonds. The van der Waals surface area contributed by atoms with Crippen molar-refractivity contribution in [1.82, 2.24) is 5.32 Å². The summed E-state index contributed by atoms with van der Waals surface area (Å²) >= 11 is 1.42. The summed E-state index contributed by atoms with van der Waals surface area (Å²) < 4.78 is 5.51. The predicted octanol–water partition coefficient (Wildman–Crippen LogP) is 5.50. The van der Waals surface area contributed by atoms with E-state index >= 15 is 0 Å². The molecular formula is C24H21NO3S. The monoisotopic (exact) mass is 403 g/mol. The first-order valence-corrected chi connectivity index (χ1v) is 10.4. The second kappa shape index (κ2) is 8.88. The van der Waals surface area contributed by atoms with Crippen LogP contribution in [0.3, 0.4) is 0 Å². The first-order chi connectivity index (χ1) is 14.3. The van der Waals surface area contributed by atoms with Gasteiger partial charge in [-0.1, -0.05) is 60.7 Å². The first kappa shape index (κ1) is 19.2. The van der Waals surface area contributed by atoms with E-state index < -0.39 is 6.09 Å². The molecule has 0 atom stereocenters. The highest BCUT2D eigenvalue weighted by Crippen LogP contribution is 2.44. The number of aldehydes is 1. The number of benzene rings is 2. The van der Waals surface area contributed by atoms with Crippen LogP contribution in [0.5, 0.6) is 0 Å². The molecule has 3 aromatic rings. The SMILES string of the molecule is O=Cc1cc(C=CCCNC(=O)OCC2c3ccccc3-c3ccccc32)cs1. The molecule has 0 aliphatic heterocycles. The minimum atomic E-state index is -0.404. The van der Waals surface area contributed by atoms with Gasteiger partial charge in [-0.2, -0.15) is 0 Å². The summed E-state index contributed by atoms with van der Waals surface area (Å²) in [6, 6.07) is 18.4. The fourth-order valence-electron chi connectivity index (χ4n) is 3.64. The van der Waals surface area contributed by atoms with Crippen LogP contribution in [0.25, 0.3) is 17.2 Å². The summed E-state index contributed by atoms with van der Waals surface area (Å²) in [4.78, 5) is 23.5. The molecule has 4 rings (SSSR count). The van der Waals surface area contributed by atoms with Gasteiger partial charge in [-0.25, -0.2) is 4.79 Å². The quantitative estimate of drug-likeness (QED) is 0.418. The van der Waals surface area contributed by atoms with E-state index in [1.807, 2.05) is 47.9 Å². The number of amides is 1. The van der Waals surface area contributed by atoms with E-state index in [9.17, 15) is 9.59 Å². The molecule has 0 unspecified atom stereocenters. The lowest BCUT2D eigenvalue weighted by atomic mass is 9.98. The van der Waals surface area contributed by atoms with E-state index in [1.54, 1.807) is 0 Å². The Bertz CT molecular complexity index is 1010. The average Bonchev–Trinajstić information content (AvgIpc) is 3.34. The van der Waals surface area contributed by atoms with E-state index in [1.165, 1.54) is 33.6 Å². The molecule has 1 heterocycles. The third-order valence-electron chi connectivity index (χ3n) is 4.99. The van der Waals surface area contributed by atoms with Crippen molar-refractivity contribution in [3.63, 3.8) is 0 Å². The van der Waals surface area contributed by atoms with E-state index in [-0.39, 0.29) is 5.92 Å². The molecule has 0 bridgehead atoms. The Balaban J connectivity index is 1.27. The van der Waals surface area contributed by atoms with Gasteiger partial charge in [0.1, 0.15) is 6.61 Å². The molecule has 0 fully saturated rings. The lowest BCUT2D eigenvalue weighted by Gasteiger charge is -2.14. The third kappa shape index (κ3) is 4.30. The minimum absolute atomic E-state index is 0.0682. The van der Waals surface area contributed by atoms with E-state index in [4.69, 9.17) is 4.74 Å². The Kier molecular flexibility index (Phi) is 5.86. The highest BCUT2D eigenvalue weighted by atomic mass is 32.1. The highest BCUT2D eigenvalue weighted by molar-refractivity contribution is 7.11. The van der Waals surface area contributed by atoms with E-state index in [0.717, 1.165) is 11.8 Å². The van der Waals surface area contributed by atoms with Crippen LogP contribution < -0.4 is 5.32 Å². The highest BCUT2D eigenvalue weighted by Gasteiger charge is 2.28. The first-order valence-electron chi connectivity index (χ1n) is 9.55. The number of carbonyl (C=O) groups is 2. The van der Waals surface area contributed by atoms with Gasteiger partial charge in [0.25, 0.3) is 0 Å². The Labute approximate surface area is 173 Å². The zero-order valence-electron chi connectivity index (χ0n) is 15.8. The molecule has 2 aromatic carbocycles. The molecule has 146 valence electrons. The molecule has 4 nitrogen and oxygen atoms in total. The van der Waals surface area contributed by atoms with Gasteiger partial charge < -0.3 is 10.1 Å². The van der Waals surface area contributed by atoms with Crippen LogP contribution in [0.2, 0.25) is 0 Å². The number of hydrogen-bond acceptors (Lipinski definition) is 4. The van der Waals surface area contributed by atoms with Crippen molar-refractivity contribution >= 4 is 29.8 Å². The van der Waals surface area contributed by atoms with Gasteiger partial charge in [0, 0.05) is 12.5 Å². The van der Waals surface area contributed by atoms with Crippen LogP contribution in [0.4, 0.5) is 4.79 Å². The van der Waals surface area contributed by atoms with Gasteiger partial charge in [0.15, 0.2) is 6.29 Å². The molecular weight excluding hydrogens is 382 g/mol. The summed E-state index contributed by atoms with van der Waals surface area (Å²) in [6.07, 6.45) is 5.06. The van der Waals surface area contributed by atoms with Gasteiger partial charge in [-0.15, -0.1) is 11.3 Å². The zero-order chi connectivity index (χ0) is 20.1. The number of ether oxygens (including phenoxy) is 1. The molecule has 1 aliphatic carbocycles. The number of carbonyl (C=O) groups excluding carboxylic acids is 2. The van der Waals surface area contributed by atoms with Gasteiger partial charge in [-0.3, -0.25) is 4.79 Å². The van der Waals surface area contributed by atoms with Gasteiger partial charge >= 0.3 is 6.09 Å². The molecule has 0 saturated heterocycles. The van der Waals surface area contributed by atoms with Crippen LogP contribution in [-0.2, 0) is 4.74 Å². The van der Waals surface area contributed by atoms with Crippen molar-refractivity contribution in [3.05, 3.63) is 87.6 Å². The maximum Gasteiger partial charge on any atom is 0.407 e. The second-order valence-corrected chi connectivity index (χ2v) is 7.79. The maximum atomic E-state index is 12.1. The number of hydrogen-bond donors (Lipinski definition) is 1. The van der Waals surface area contributed by atoms with Gasteiger partial charge in [-0.05, 0) is 45.7 Å². The summed E-state index contributed by atoms with van der Waals surface area (Å²) in [7, 11) is 0. The van der Waals surface area contributed by atoms with Crippen LogP contribution in [0.1, 0.15) is 38.7 Å². The molecule has 5 heteroatoms. The van der Waals surface area contributed by atoms with Crippen molar-refractivity contribution in [3.8, 4) is 11.1 Å². The van der Waals surface area contributed by atoms with Crippen LogP contribution >= 0.6 is 11.3 Å². The van der Waals surface area contributed by atoms with Crippen LogP contribution in [0, 0.1) is 0 Å².